The minimum absolute atomic E-state index is 0.163. The number of carboxylic acids is 1. The molecule has 2 aromatic carbocycles. The zero-order valence-corrected chi connectivity index (χ0v) is 18.2. The number of phenols is 1. The minimum Gasteiger partial charge on any atom is -0.508 e. The van der Waals surface area contributed by atoms with Gasteiger partial charge in [-0.25, -0.2) is 4.79 Å². The highest BCUT2D eigenvalue weighted by molar-refractivity contribution is 7.10. The number of carbonyl (C=O) groups excluding carboxylic acids is 1. The van der Waals surface area contributed by atoms with Crippen LogP contribution in [0.1, 0.15) is 47.6 Å². The van der Waals surface area contributed by atoms with Crippen molar-refractivity contribution in [2.24, 2.45) is 0 Å². The highest BCUT2D eigenvalue weighted by Gasteiger charge is 2.27. The van der Waals surface area contributed by atoms with E-state index in [0.29, 0.717) is 30.5 Å². The lowest BCUT2D eigenvalue weighted by atomic mass is 9.83. The summed E-state index contributed by atoms with van der Waals surface area (Å²) in [5.41, 5.74) is 3.09. The summed E-state index contributed by atoms with van der Waals surface area (Å²) in [4.78, 5) is 25.6. The van der Waals surface area contributed by atoms with Crippen molar-refractivity contribution >= 4 is 34.0 Å². The maximum absolute atomic E-state index is 12.5. The summed E-state index contributed by atoms with van der Waals surface area (Å²) in [5.74, 6) is -0.700. The minimum atomic E-state index is -0.954. The molecule has 6 heteroatoms. The normalized spacial score (nSPS) is 16.5. The molecular formula is C25H25NO4S. The summed E-state index contributed by atoms with van der Waals surface area (Å²) in [6.07, 6.45) is 2.69. The Labute approximate surface area is 185 Å². The van der Waals surface area contributed by atoms with Crippen molar-refractivity contribution in [3.05, 3.63) is 75.1 Å². The highest BCUT2D eigenvalue weighted by Crippen LogP contribution is 2.37. The van der Waals surface area contributed by atoms with E-state index in [9.17, 15) is 19.8 Å². The van der Waals surface area contributed by atoms with Crippen LogP contribution in [0.3, 0.4) is 0 Å². The summed E-state index contributed by atoms with van der Waals surface area (Å²) < 4.78 is 0. The lowest BCUT2D eigenvalue weighted by molar-refractivity contribution is -0.133. The molecule has 1 aliphatic carbocycles. The van der Waals surface area contributed by atoms with Crippen LogP contribution in [0, 0.1) is 6.92 Å². The molecule has 1 unspecified atom stereocenters. The number of fused-ring (bicyclic) bond motifs is 1. The van der Waals surface area contributed by atoms with E-state index in [0.717, 1.165) is 22.8 Å². The molecule has 3 aromatic rings. The lowest BCUT2D eigenvalue weighted by Gasteiger charge is -2.25. The molecule has 1 aromatic heterocycles. The lowest BCUT2D eigenvalue weighted by Crippen LogP contribution is -2.29. The number of aromatic hydroxyl groups is 1. The van der Waals surface area contributed by atoms with Gasteiger partial charge in [-0.2, -0.15) is 0 Å². The number of amides is 1. The number of thiophene rings is 1. The molecule has 0 saturated heterocycles. The number of benzene rings is 2. The molecule has 1 heterocycles. The van der Waals surface area contributed by atoms with Gasteiger partial charge in [0.25, 0.3) is 0 Å². The van der Waals surface area contributed by atoms with Crippen molar-refractivity contribution in [2.45, 2.75) is 44.9 Å². The maximum Gasteiger partial charge on any atom is 0.333 e. The van der Waals surface area contributed by atoms with Crippen LogP contribution in [0.4, 0.5) is 0 Å². The molecule has 0 radical (unpaired) electrons. The number of phenolic OH excluding ortho intramolecular Hbond substituents is 1. The van der Waals surface area contributed by atoms with E-state index < -0.39 is 5.97 Å². The fraction of sp³-hybridized carbons (Fsp3) is 0.280. The van der Waals surface area contributed by atoms with Crippen LogP contribution in [-0.4, -0.2) is 22.1 Å². The van der Waals surface area contributed by atoms with Gasteiger partial charge in [-0.05, 0) is 84.0 Å². The van der Waals surface area contributed by atoms with E-state index in [-0.39, 0.29) is 24.0 Å². The van der Waals surface area contributed by atoms with Crippen LogP contribution in [0.5, 0.6) is 5.75 Å². The molecule has 4 rings (SSSR count). The SMILES string of the molecule is Cc1cc(C2CCC(NC(=O)CCc3ccc4cc(O)ccc4c3)=C(C(=O)O)C2)cs1. The molecule has 1 amide bonds. The van der Waals surface area contributed by atoms with Gasteiger partial charge in [0.1, 0.15) is 5.75 Å². The largest absolute Gasteiger partial charge is 0.508 e. The quantitative estimate of drug-likeness (QED) is 0.492. The Hall–Kier alpha value is -3.12. The highest BCUT2D eigenvalue weighted by atomic mass is 32.1. The number of hydrogen-bond donors (Lipinski definition) is 3. The van der Waals surface area contributed by atoms with E-state index in [4.69, 9.17) is 0 Å². The maximum atomic E-state index is 12.5. The number of rotatable bonds is 6. The second kappa shape index (κ2) is 8.94. The average Bonchev–Trinajstić information content (AvgIpc) is 3.18. The Kier molecular flexibility index (Phi) is 6.09. The average molecular weight is 436 g/mol. The Balaban J connectivity index is 1.41. The van der Waals surface area contributed by atoms with Crippen molar-refractivity contribution in [2.75, 3.05) is 0 Å². The Morgan fingerprint density at radius 2 is 1.90 bits per heavy atom. The smallest absolute Gasteiger partial charge is 0.333 e. The number of aryl methyl sites for hydroxylation is 2. The third kappa shape index (κ3) is 4.97. The molecule has 0 aliphatic heterocycles. The number of aliphatic carboxylic acids is 1. The zero-order valence-electron chi connectivity index (χ0n) is 17.4. The molecule has 5 nitrogen and oxygen atoms in total. The van der Waals surface area contributed by atoms with Crippen LogP contribution >= 0.6 is 11.3 Å². The van der Waals surface area contributed by atoms with Gasteiger partial charge < -0.3 is 15.5 Å². The second-order valence-corrected chi connectivity index (χ2v) is 9.22. The van der Waals surface area contributed by atoms with Gasteiger partial charge in [0, 0.05) is 17.0 Å². The molecule has 3 N–H and O–H groups in total. The second-order valence-electron chi connectivity index (χ2n) is 8.11. The summed E-state index contributed by atoms with van der Waals surface area (Å²) in [7, 11) is 0. The number of carbonyl (C=O) groups is 2. The third-order valence-electron chi connectivity index (χ3n) is 5.86. The first-order valence-corrected chi connectivity index (χ1v) is 11.3. The molecular weight excluding hydrogens is 410 g/mol. The van der Waals surface area contributed by atoms with Gasteiger partial charge in [0.15, 0.2) is 0 Å². The molecule has 0 fully saturated rings. The first kappa shape index (κ1) is 21.1. The number of hydrogen-bond acceptors (Lipinski definition) is 4. The van der Waals surface area contributed by atoms with Gasteiger partial charge in [0.05, 0.1) is 5.57 Å². The van der Waals surface area contributed by atoms with Crippen molar-refractivity contribution in [1.82, 2.24) is 5.32 Å². The molecule has 1 aliphatic rings. The fourth-order valence-corrected chi connectivity index (χ4v) is 4.97. The first-order valence-electron chi connectivity index (χ1n) is 10.4. The molecule has 1 atom stereocenters. The van der Waals surface area contributed by atoms with E-state index >= 15 is 0 Å². The van der Waals surface area contributed by atoms with Gasteiger partial charge in [0.2, 0.25) is 5.91 Å². The first-order chi connectivity index (χ1) is 14.9. The Morgan fingerprint density at radius 1 is 1.13 bits per heavy atom. The van der Waals surface area contributed by atoms with Gasteiger partial charge in [-0.15, -0.1) is 11.3 Å². The van der Waals surface area contributed by atoms with Crippen LogP contribution in [0.25, 0.3) is 10.8 Å². The van der Waals surface area contributed by atoms with Crippen molar-refractivity contribution < 1.29 is 19.8 Å². The molecule has 31 heavy (non-hydrogen) atoms. The van der Waals surface area contributed by atoms with Crippen LogP contribution in [0.2, 0.25) is 0 Å². The third-order valence-corrected chi connectivity index (χ3v) is 6.74. The van der Waals surface area contributed by atoms with E-state index in [1.807, 2.05) is 24.3 Å². The number of carboxylic acid groups (broad SMARTS) is 1. The number of nitrogens with one attached hydrogen (secondary N) is 1. The topological polar surface area (TPSA) is 86.6 Å². The predicted octanol–water partition coefficient (Wildman–Crippen LogP) is 5.27. The van der Waals surface area contributed by atoms with Gasteiger partial charge in [-0.3, -0.25) is 4.79 Å². The van der Waals surface area contributed by atoms with Gasteiger partial charge >= 0.3 is 5.97 Å². The summed E-state index contributed by atoms with van der Waals surface area (Å²) >= 11 is 1.68. The van der Waals surface area contributed by atoms with Crippen molar-refractivity contribution in [1.29, 1.82) is 0 Å². The summed E-state index contributed by atoms with van der Waals surface area (Å²) in [6.45, 7) is 2.05. The standard InChI is InChI=1S/C25H25NO4S/c1-15-10-20(14-31-15)19-6-8-23(22(13-19)25(29)30)26-24(28)9-3-16-2-4-18-12-21(27)7-5-17(18)11-16/h2,4-5,7,10-12,14,19,27H,3,6,8-9,13H2,1H3,(H,26,28)(H,29,30). The molecule has 160 valence electrons. The van der Waals surface area contributed by atoms with E-state index in [1.165, 1.54) is 10.4 Å². The van der Waals surface area contributed by atoms with E-state index in [1.54, 1.807) is 23.5 Å². The Morgan fingerprint density at radius 3 is 2.65 bits per heavy atom. The number of allylic oxidation sites excluding steroid dienone is 1. The monoisotopic (exact) mass is 435 g/mol. The van der Waals surface area contributed by atoms with Gasteiger partial charge in [-0.1, -0.05) is 24.3 Å². The summed E-state index contributed by atoms with van der Waals surface area (Å²) in [5, 5.41) is 26.2. The van der Waals surface area contributed by atoms with Crippen LogP contribution in [0.15, 0.2) is 59.1 Å². The fourth-order valence-electron chi connectivity index (χ4n) is 4.18. The van der Waals surface area contributed by atoms with Crippen molar-refractivity contribution in [3.63, 3.8) is 0 Å². The molecule has 0 bridgehead atoms. The predicted molar refractivity (Wildman–Crippen MR) is 122 cm³/mol. The zero-order chi connectivity index (χ0) is 22.0. The molecule has 0 spiro atoms. The van der Waals surface area contributed by atoms with Crippen LogP contribution < -0.4 is 5.32 Å². The molecule has 0 saturated carbocycles. The Bertz CT molecular complexity index is 1180. The summed E-state index contributed by atoms with van der Waals surface area (Å²) in [6, 6.07) is 13.2. The van der Waals surface area contributed by atoms with E-state index in [2.05, 4.69) is 23.7 Å². The van der Waals surface area contributed by atoms with Crippen LogP contribution in [-0.2, 0) is 16.0 Å². The van der Waals surface area contributed by atoms with Crippen molar-refractivity contribution in [3.8, 4) is 5.75 Å².